The Hall–Kier alpha value is -1.29. The molecule has 1 fully saturated rings. The molecular formula is C16H18BrNO2. The van der Waals surface area contributed by atoms with Gasteiger partial charge >= 0.3 is 5.97 Å². The molecular weight excluding hydrogens is 318 g/mol. The summed E-state index contributed by atoms with van der Waals surface area (Å²) < 4.78 is 5.95. The van der Waals surface area contributed by atoms with Crippen molar-refractivity contribution < 1.29 is 9.53 Å². The van der Waals surface area contributed by atoms with Crippen LogP contribution in [0.25, 0.3) is 6.08 Å². The van der Waals surface area contributed by atoms with Gasteiger partial charge in [-0.15, -0.1) is 0 Å². The zero-order valence-electron chi connectivity index (χ0n) is 11.6. The number of rotatable bonds is 1. The summed E-state index contributed by atoms with van der Waals surface area (Å²) in [5.74, 6) is -0.206. The number of hydrogen-bond acceptors (Lipinski definition) is 3. The maximum Gasteiger partial charge on any atom is 0.333 e. The predicted octanol–water partition coefficient (Wildman–Crippen LogP) is 3.77. The van der Waals surface area contributed by atoms with E-state index in [4.69, 9.17) is 4.74 Å². The van der Waals surface area contributed by atoms with E-state index >= 15 is 0 Å². The van der Waals surface area contributed by atoms with Gasteiger partial charge in [0.2, 0.25) is 0 Å². The average molecular weight is 336 g/mol. The normalized spacial score (nSPS) is 21.4. The summed E-state index contributed by atoms with van der Waals surface area (Å²) in [5, 5.41) is 0. The van der Waals surface area contributed by atoms with E-state index in [2.05, 4.69) is 39.0 Å². The van der Waals surface area contributed by atoms with Crippen molar-refractivity contribution in [1.82, 2.24) is 0 Å². The molecule has 0 aliphatic carbocycles. The van der Waals surface area contributed by atoms with Gasteiger partial charge in [-0.05, 0) is 55.5 Å². The summed E-state index contributed by atoms with van der Waals surface area (Å²) in [7, 11) is 1.45. The quantitative estimate of drug-likeness (QED) is 0.731. The standard InChI is InChI=1S/C16H18BrNO2/c1-20-16(19)11-4-6-14-3-2-8-18(14)15-7-5-13(17)10-12(15)9-11/h5,7,9-10,14H,2-4,6,8H2,1H3. The first-order valence-electron chi connectivity index (χ1n) is 7.04. The number of hydrogen-bond donors (Lipinski definition) is 0. The number of fused-ring (bicyclic) bond motifs is 3. The number of carbonyl (C=O) groups is 1. The van der Waals surface area contributed by atoms with Gasteiger partial charge in [0.05, 0.1) is 7.11 Å². The van der Waals surface area contributed by atoms with Gasteiger partial charge in [0, 0.05) is 28.3 Å². The van der Waals surface area contributed by atoms with Crippen LogP contribution in [0.15, 0.2) is 28.2 Å². The van der Waals surface area contributed by atoms with Crippen molar-refractivity contribution in [3.63, 3.8) is 0 Å². The third-order valence-corrected chi connectivity index (χ3v) is 4.69. The molecule has 4 heteroatoms. The first kappa shape index (κ1) is 13.7. The Balaban J connectivity index is 2.09. The molecule has 3 rings (SSSR count). The molecule has 20 heavy (non-hydrogen) atoms. The second-order valence-electron chi connectivity index (χ2n) is 5.39. The molecule has 0 bridgehead atoms. The molecule has 0 radical (unpaired) electrons. The molecule has 1 aromatic carbocycles. The lowest BCUT2D eigenvalue weighted by Crippen LogP contribution is -2.31. The summed E-state index contributed by atoms with van der Waals surface area (Å²) in [5.41, 5.74) is 3.11. The fourth-order valence-electron chi connectivity index (χ4n) is 3.23. The number of nitrogens with zero attached hydrogens (tertiary/aromatic N) is 1. The maximum atomic E-state index is 11.9. The van der Waals surface area contributed by atoms with Gasteiger partial charge in [0.15, 0.2) is 0 Å². The van der Waals surface area contributed by atoms with E-state index in [0.717, 1.165) is 35.0 Å². The summed E-state index contributed by atoms with van der Waals surface area (Å²) in [6.45, 7) is 1.11. The number of esters is 1. The van der Waals surface area contributed by atoms with Crippen LogP contribution in [0, 0.1) is 0 Å². The minimum Gasteiger partial charge on any atom is -0.466 e. The van der Waals surface area contributed by atoms with Gasteiger partial charge in [-0.25, -0.2) is 4.79 Å². The van der Waals surface area contributed by atoms with Crippen LogP contribution in [0.1, 0.15) is 31.2 Å². The van der Waals surface area contributed by atoms with Crippen LogP contribution in [0.5, 0.6) is 0 Å². The Kier molecular flexibility index (Phi) is 3.83. The van der Waals surface area contributed by atoms with Gasteiger partial charge in [0.1, 0.15) is 0 Å². The van der Waals surface area contributed by atoms with E-state index in [1.54, 1.807) is 0 Å². The fourth-order valence-corrected chi connectivity index (χ4v) is 3.61. The Labute approximate surface area is 127 Å². The lowest BCUT2D eigenvalue weighted by molar-refractivity contribution is -0.136. The Morgan fingerprint density at radius 1 is 1.40 bits per heavy atom. The molecule has 2 aliphatic rings. The molecule has 106 valence electrons. The van der Waals surface area contributed by atoms with Crippen LogP contribution in [-0.4, -0.2) is 25.7 Å². The highest BCUT2D eigenvalue weighted by molar-refractivity contribution is 9.10. The van der Waals surface area contributed by atoms with Crippen LogP contribution in [0.3, 0.4) is 0 Å². The summed E-state index contributed by atoms with van der Waals surface area (Å²) in [4.78, 5) is 14.4. The minimum atomic E-state index is -0.206. The van der Waals surface area contributed by atoms with E-state index < -0.39 is 0 Å². The summed E-state index contributed by atoms with van der Waals surface area (Å²) >= 11 is 3.52. The summed E-state index contributed by atoms with van der Waals surface area (Å²) in [6, 6.07) is 6.85. The van der Waals surface area contributed by atoms with Crippen molar-refractivity contribution in [2.45, 2.75) is 31.7 Å². The van der Waals surface area contributed by atoms with Crippen molar-refractivity contribution in [2.75, 3.05) is 18.6 Å². The third-order valence-electron chi connectivity index (χ3n) is 4.20. The lowest BCUT2D eigenvalue weighted by atomic mass is 9.97. The topological polar surface area (TPSA) is 29.5 Å². The first-order valence-corrected chi connectivity index (χ1v) is 7.83. The van der Waals surface area contributed by atoms with E-state index in [-0.39, 0.29) is 5.97 Å². The van der Waals surface area contributed by atoms with Gasteiger partial charge in [-0.1, -0.05) is 15.9 Å². The minimum absolute atomic E-state index is 0.206. The second-order valence-corrected chi connectivity index (χ2v) is 6.31. The Bertz CT molecular complexity index is 568. The number of ether oxygens (including phenoxy) is 1. The number of carbonyl (C=O) groups excluding carboxylic acids is 1. The highest BCUT2D eigenvalue weighted by Crippen LogP contribution is 2.36. The van der Waals surface area contributed by atoms with E-state index in [1.807, 2.05) is 6.08 Å². The monoisotopic (exact) mass is 335 g/mol. The molecule has 1 saturated heterocycles. The first-order chi connectivity index (χ1) is 9.69. The molecule has 0 spiro atoms. The van der Waals surface area contributed by atoms with Crippen molar-refractivity contribution >= 4 is 33.7 Å². The molecule has 2 heterocycles. The number of benzene rings is 1. The largest absolute Gasteiger partial charge is 0.466 e. The molecule has 1 atom stereocenters. The highest BCUT2D eigenvalue weighted by Gasteiger charge is 2.28. The molecule has 0 N–H and O–H groups in total. The van der Waals surface area contributed by atoms with Crippen molar-refractivity contribution in [3.05, 3.63) is 33.8 Å². The SMILES string of the molecule is COC(=O)C1=Cc2cc(Br)ccc2N2CCCC2CC1. The van der Waals surface area contributed by atoms with E-state index in [9.17, 15) is 4.79 Å². The molecule has 0 saturated carbocycles. The molecule has 0 aromatic heterocycles. The molecule has 3 nitrogen and oxygen atoms in total. The zero-order chi connectivity index (χ0) is 14.1. The van der Waals surface area contributed by atoms with E-state index in [1.165, 1.54) is 25.6 Å². The number of anilines is 1. The van der Waals surface area contributed by atoms with Gasteiger partial charge in [-0.3, -0.25) is 0 Å². The van der Waals surface area contributed by atoms with Crippen LogP contribution in [0.2, 0.25) is 0 Å². The van der Waals surface area contributed by atoms with Gasteiger partial charge < -0.3 is 9.64 Å². The van der Waals surface area contributed by atoms with Crippen LogP contribution in [-0.2, 0) is 9.53 Å². The zero-order valence-corrected chi connectivity index (χ0v) is 13.1. The van der Waals surface area contributed by atoms with Gasteiger partial charge in [0.25, 0.3) is 0 Å². The molecule has 0 amide bonds. The van der Waals surface area contributed by atoms with E-state index in [0.29, 0.717) is 6.04 Å². The third kappa shape index (κ3) is 2.49. The number of methoxy groups -OCH3 is 1. The average Bonchev–Trinajstić information content (AvgIpc) is 2.88. The molecule has 1 unspecified atom stereocenters. The summed E-state index contributed by atoms with van der Waals surface area (Å²) in [6.07, 6.45) is 6.24. The Morgan fingerprint density at radius 3 is 3.05 bits per heavy atom. The van der Waals surface area contributed by atoms with Crippen molar-refractivity contribution in [2.24, 2.45) is 0 Å². The second kappa shape index (κ2) is 5.60. The molecule has 1 aromatic rings. The lowest BCUT2D eigenvalue weighted by Gasteiger charge is -2.30. The maximum absolute atomic E-state index is 11.9. The van der Waals surface area contributed by atoms with Gasteiger partial charge in [-0.2, -0.15) is 0 Å². The Morgan fingerprint density at radius 2 is 2.25 bits per heavy atom. The van der Waals surface area contributed by atoms with Crippen LogP contribution < -0.4 is 4.90 Å². The highest BCUT2D eigenvalue weighted by atomic mass is 79.9. The van der Waals surface area contributed by atoms with Crippen LogP contribution >= 0.6 is 15.9 Å². The fraction of sp³-hybridized carbons (Fsp3) is 0.438. The molecule has 2 aliphatic heterocycles. The van der Waals surface area contributed by atoms with Crippen LogP contribution in [0.4, 0.5) is 5.69 Å². The predicted molar refractivity (Wildman–Crippen MR) is 83.7 cm³/mol. The smallest absolute Gasteiger partial charge is 0.333 e. The number of halogens is 1. The van der Waals surface area contributed by atoms with Crippen molar-refractivity contribution in [1.29, 1.82) is 0 Å². The van der Waals surface area contributed by atoms with Crippen molar-refractivity contribution in [3.8, 4) is 0 Å².